The lowest BCUT2D eigenvalue weighted by Gasteiger charge is -2.31. The number of carbonyl (C=O) groups is 2. The molecule has 1 aliphatic rings. The van der Waals surface area contributed by atoms with Crippen LogP contribution in [0.2, 0.25) is 0 Å². The summed E-state index contributed by atoms with van der Waals surface area (Å²) in [5.74, 6) is -1.85. The highest BCUT2D eigenvalue weighted by molar-refractivity contribution is 7.80. The summed E-state index contributed by atoms with van der Waals surface area (Å²) in [4.78, 5) is 31.1. The highest BCUT2D eigenvalue weighted by Crippen LogP contribution is 2.24. The van der Waals surface area contributed by atoms with E-state index < -0.39 is 17.7 Å². The van der Waals surface area contributed by atoms with Gasteiger partial charge in [-0.1, -0.05) is 36.4 Å². The van der Waals surface area contributed by atoms with Crippen LogP contribution in [0.5, 0.6) is 0 Å². The Kier molecular flexibility index (Phi) is 5.46. The number of amides is 2. The van der Waals surface area contributed by atoms with Crippen LogP contribution in [0.1, 0.15) is 29.7 Å². The van der Waals surface area contributed by atoms with Gasteiger partial charge in [0, 0.05) is 6.21 Å². The Hall–Kier alpha value is -2.86. The van der Waals surface area contributed by atoms with Gasteiger partial charge in [-0.15, -0.1) is 0 Å². The van der Waals surface area contributed by atoms with Crippen molar-refractivity contribution in [3.05, 3.63) is 65.2 Å². The normalized spacial score (nSPS) is 18.7. The number of aryl methyl sites for hydroxylation is 2. The first-order valence-corrected chi connectivity index (χ1v) is 9.13. The summed E-state index contributed by atoms with van der Waals surface area (Å²) in [7, 11) is 0. The molecule has 0 aromatic heterocycles. The first-order chi connectivity index (χ1) is 12.9. The highest BCUT2D eigenvalue weighted by atomic mass is 32.1. The van der Waals surface area contributed by atoms with Gasteiger partial charge in [0.1, 0.15) is 0 Å². The SMILES string of the molecule is Cc1ccc(N2C(=O)[C@H](C=N[C@H](C)c3ccccc3)C(=O)NC2=S)cc1C. The molecule has 2 aromatic rings. The molecule has 0 unspecified atom stereocenters. The van der Waals surface area contributed by atoms with Crippen molar-refractivity contribution in [2.24, 2.45) is 10.9 Å². The van der Waals surface area contributed by atoms with Crippen LogP contribution in [0.4, 0.5) is 5.69 Å². The standard InChI is InChI=1S/C21H21N3O2S/c1-13-9-10-17(11-14(13)2)24-20(26)18(19(25)23-21(24)27)12-22-15(3)16-7-5-4-6-8-16/h4-12,15,18H,1-3H3,(H,23,25,27)/t15-,18-/m1/s1. The number of hydrogen-bond acceptors (Lipinski definition) is 4. The monoisotopic (exact) mass is 379 g/mol. The largest absolute Gasteiger partial charge is 0.301 e. The summed E-state index contributed by atoms with van der Waals surface area (Å²) in [6.45, 7) is 5.88. The molecular formula is C21H21N3O2S. The molecule has 1 N–H and O–H groups in total. The van der Waals surface area contributed by atoms with E-state index in [9.17, 15) is 9.59 Å². The van der Waals surface area contributed by atoms with Crippen molar-refractivity contribution < 1.29 is 9.59 Å². The van der Waals surface area contributed by atoms with Gasteiger partial charge in [-0.25, -0.2) is 0 Å². The minimum Gasteiger partial charge on any atom is -0.301 e. The Bertz CT molecular complexity index is 924. The molecule has 27 heavy (non-hydrogen) atoms. The van der Waals surface area contributed by atoms with Crippen molar-refractivity contribution in [3.63, 3.8) is 0 Å². The van der Waals surface area contributed by atoms with E-state index >= 15 is 0 Å². The van der Waals surface area contributed by atoms with Crippen LogP contribution in [0.25, 0.3) is 0 Å². The Labute approximate surface area is 164 Å². The van der Waals surface area contributed by atoms with Crippen molar-refractivity contribution >= 4 is 41.0 Å². The Balaban J connectivity index is 1.86. The molecule has 1 saturated heterocycles. The van der Waals surface area contributed by atoms with Gasteiger partial charge in [0.15, 0.2) is 11.0 Å². The van der Waals surface area contributed by atoms with Gasteiger partial charge in [-0.3, -0.25) is 19.5 Å². The Morgan fingerprint density at radius 1 is 1.11 bits per heavy atom. The van der Waals surface area contributed by atoms with E-state index in [4.69, 9.17) is 12.2 Å². The zero-order valence-corrected chi connectivity index (χ0v) is 16.3. The predicted molar refractivity (Wildman–Crippen MR) is 111 cm³/mol. The van der Waals surface area contributed by atoms with Gasteiger partial charge < -0.3 is 5.32 Å². The molecule has 1 fully saturated rings. The third kappa shape index (κ3) is 3.95. The minimum atomic E-state index is -1.01. The maximum atomic E-state index is 13.0. The Morgan fingerprint density at radius 3 is 2.48 bits per heavy atom. The molecule has 2 amide bonds. The maximum absolute atomic E-state index is 13.0. The molecule has 6 heteroatoms. The van der Waals surface area contributed by atoms with Gasteiger partial charge in [0.05, 0.1) is 11.7 Å². The van der Waals surface area contributed by atoms with Crippen molar-refractivity contribution in [3.8, 4) is 0 Å². The third-order valence-electron chi connectivity index (χ3n) is 4.69. The summed E-state index contributed by atoms with van der Waals surface area (Å²) in [6, 6.07) is 15.2. The van der Waals surface area contributed by atoms with Crippen LogP contribution in [-0.2, 0) is 9.59 Å². The van der Waals surface area contributed by atoms with Gasteiger partial charge in [0.2, 0.25) is 5.91 Å². The van der Waals surface area contributed by atoms with E-state index in [1.807, 2.05) is 69.3 Å². The van der Waals surface area contributed by atoms with Crippen LogP contribution in [0.15, 0.2) is 53.5 Å². The Morgan fingerprint density at radius 2 is 1.81 bits per heavy atom. The van der Waals surface area contributed by atoms with Crippen LogP contribution in [-0.4, -0.2) is 23.1 Å². The topological polar surface area (TPSA) is 61.8 Å². The molecular weight excluding hydrogens is 358 g/mol. The van der Waals surface area contributed by atoms with Gasteiger partial charge in [-0.2, -0.15) is 0 Å². The second-order valence-corrected chi connectivity index (χ2v) is 6.99. The molecule has 5 nitrogen and oxygen atoms in total. The number of nitrogens with one attached hydrogen (secondary N) is 1. The lowest BCUT2D eigenvalue weighted by Crippen LogP contribution is -2.58. The number of aliphatic imine (C=N–C) groups is 1. The van der Waals surface area contributed by atoms with E-state index in [0.717, 1.165) is 16.7 Å². The quantitative estimate of drug-likeness (QED) is 0.502. The number of thiocarbonyl (C=S) groups is 1. The summed E-state index contributed by atoms with van der Waals surface area (Å²) < 4.78 is 0. The zero-order valence-electron chi connectivity index (χ0n) is 15.5. The van der Waals surface area contributed by atoms with Crippen molar-refractivity contribution in [2.45, 2.75) is 26.8 Å². The summed E-state index contributed by atoms with van der Waals surface area (Å²) in [5, 5.41) is 2.70. The molecule has 0 spiro atoms. The molecule has 3 rings (SSSR count). The smallest absolute Gasteiger partial charge is 0.251 e. The molecule has 138 valence electrons. The first-order valence-electron chi connectivity index (χ1n) is 8.73. The first kappa shape index (κ1) is 18.9. The summed E-state index contributed by atoms with van der Waals surface area (Å²) >= 11 is 5.23. The average Bonchev–Trinajstić information content (AvgIpc) is 2.64. The number of rotatable bonds is 4. The van der Waals surface area contributed by atoms with E-state index in [0.29, 0.717) is 5.69 Å². The lowest BCUT2D eigenvalue weighted by atomic mass is 10.0. The third-order valence-corrected chi connectivity index (χ3v) is 4.98. The maximum Gasteiger partial charge on any atom is 0.251 e. The van der Waals surface area contributed by atoms with E-state index in [1.54, 1.807) is 0 Å². The molecule has 1 heterocycles. The molecule has 0 radical (unpaired) electrons. The van der Waals surface area contributed by atoms with Crippen LogP contribution in [0.3, 0.4) is 0 Å². The van der Waals surface area contributed by atoms with Crippen LogP contribution < -0.4 is 10.2 Å². The minimum absolute atomic E-state index is 0.0917. The van der Waals surface area contributed by atoms with Crippen molar-refractivity contribution in [1.82, 2.24) is 5.32 Å². The van der Waals surface area contributed by atoms with Crippen molar-refractivity contribution in [1.29, 1.82) is 0 Å². The number of hydrogen-bond donors (Lipinski definition) is 1. The molecule has 2 atom stereocenters. The number of carbonyl (C=O) groups excluding carboxylic acids is 2. The fraction of sp³-hybridized carbons (Fsp3) is 0.238. The fourth-order valence-corrected chi connectivity index (χ4v) is 3.16. The van der Waals surface area contributed by atoms with Crippen LogP contribution in [0, 0.1) is 19.8 Å². The number of nitrogens with zero attached hydrogens (tertiary/aromatic N) is 2. The number of benzene rings is 2. The number of anilines is 1. The van der Waals surface area contributed by atoms with E-state index in [2.05, 4.69) is 10.3 Å². The fourth-order valence-electron chi connectivity index (χ4n) is 2.86. The van der Waals surface area contributed by atoms with Gasteiger partial charge in [-0.05, 0) is 61.8 Å². The van der Waals surface area contributed by atoms with Gasteiger partial charge >= 0.3 is 0 Å². The van der Waals surface area contributed by atoms with Gasteiger partial charge in [0.25, 0.3) is 5.91 Å². The molecule has 0 bridgehead atoms. The van der Waals surface area contributed by atoms with Crippen LogP contribution >= 0.6 is 12.2 Å². The summed E-state index contributed by atoms with van der Waals surface area (Å²) in [5.41, 5.74) is 3.82. The molecule has 2 aromatic carbocycles. The average molecular weight is 379 g/mol. The molecule has 0 aliphatic carbocycles. The second-order valence-electron chi connectivity index (χ2n) is 6.60. The van der Waals surface area contributed by atoms with E-state index in [-0.39, 0.29) is 11.2 Å². The second kappa shape index (κ2) is 7.80. The summed E-state index contributed by atoms with van der Waals surface area (Å²) in [6.07, 6.45) is 1.42. The lowest BCUT2D eigenvalue weighted by molar-refractivity contribution is -0.130. The highest BCUT2D eigenvalue weighted by Gasteiger charge is 2.38. The predicted octanol–water partition coefficient (Wildman–Crippen LogP) is 3.50. The van der Waals surface area contributed by atoms with E-state index in [1.165, 1.54) is 11.1 Å². The van der Waals surface area contributed by atoms with Crippen molar-refractivity contribution in [2.75, 3.05) is 4.90 Å². The zero-order chi connectivity index (χ0) is 19.6. The molecule has 0 saturated carbocycles. The molecule has 1 aliphatic heterocycles.